The highest BCUT2D eigenvalue weighted by Gasteiger charge is 2.14. The second-order valence-electron chi connectivity index (χ2n) is 3.51. The van der Waals surface area contributed by atoms with Gasteiger partial charge in [0.1, 0.15) is 5.84 Å². The van der Waals surface area contributed by atoms with E-state index in [-0.39, 0.29) is 0 Å². The lowest BCUT2D eigenvalue weighted by atomic mass is 10.1. The van der Waals surface area contributed by atoms with Gasteiger partial charge in [0.05, 0.1) is 0 Å². The fourth-order valence-corrected chi connectivity index (χ4v) is 1.18. The van der Waals surface area contributed by atoms with Gasteiger partial charge in [0.2, 0.25) is 0 Å². The van der Waals surface area contributed by atoms with E-state index >= 15 is 0 Å². The van der Waals surface area contributed by atoms with E-state index in [9.17, 15) is 0 Å². The van der Waals surface area contributed by atoms with Gasteiger partial charge in [-0.2, -0.15) is 0 Å². The van der Waals surface area contributed by atoms with Crippen molar-refractivity contribution in [3.05, 3.63) is 25.6 Å². The first kappa shape index (κ1) is 11.9. The Morgan fingerprint density at radius 2 is 1.77 bits per heavy atom. The average Bonchev–Trinajstić information content (AvgIpc) is 2.03. The molecule has 0 bridgehead atoms. The summed E-state index contributed by atoms with van der Waals surface area (Å²) in [6, 6.07) is 0.388. The van der Waals surface area contributed by atoms with Gasteiger partial charge in [-0.05, 0) is 20.0 Å². The predicted octanol–water partition coefficient (Wildman–Crippen LogP) is 3.04. The maximum atomic E-state index is 4.25. The Labute approximate surface area is 81.7 Å². The quantitative estimate of drug-likeness (QED) is 0.479. The number of amidine groups is 1. The molecular weight excluding hydrogens is 160 g/mol. The lowest BCUT2D eigenvalue weighted by molar-refractivity contribution is 0.439. The molecule has 0 aliphatic heterocycles. The van der Waals surface area contributed by atoms with E-state index in [1.807, 2.05) is 6.20 Å². The summed E-state index contributed by atoms with van der Waals surface area (Å²) in [6.07, 6.45) is 3.39. The fourth-order valence-electron chi connectivity index (χ4n) is 1.18. The first-order chi connectivity index (χ1) is 6.04. The lowest BCUT2D eigenvalue weighted by Crippen LogP contribution is -2.35. The first-order valence-corrected chi connectivity index (χ1v) is 4.64. The fraction of sp³-hybridized carbons (Fsp3) is 0.545. The molecule has 0 rings (SSSR count). The Hall–Kier alpha value is -1.05. The molecule has 74 valence electrons. The van der Waals surface area contributed by atoms with E-state index in [0.717, 1.165) is 5.84 Å². The number of hydrogen-bond acceptors (Lipinski definition) is 1. The zero-order chi connectivity index (χ0) is 10.4. The summed E-state index contributed by atoms with van der Waals surface area (Å²) in [4.78, 5) is 6.31. The summed E-state index contributed by atoms with van der Waals surface area (Å²) in [5, 5.41) is 0. The summed E-state index contributed by atoms with van der Waals surface area (Å²) in [7, 11) is 0. The molecule has 0 heterocycles. The molecule has 0 atom stereocenters. The van der Waals surface area contributed by atoms with Gasteiger partial charge in [0.15, 0.2) is 0 Å². The van der Waals surface area contributed by atoms with Crippen LogP contribution in [0.5, 0.6) is 0 Å². The molecule has 0 aliphatic rings. The van der Waals surface area contributed by atoms with Crippen molar-refractivity contribution in [2.24, 2.45) is 10.9 Å². The smallest absolute Gasteiger partial charge is 0.111 e. The Morgan fingerprint density at radius 3 is 2.00 bits per heavy atom. The zero-order valence-electron chi connectivity index (χ0n) is 9.12. The van der Waals surface area contributed by atoms with E-state index in [2.05, 4.69) is 50.7 Å². The molecule has 0 saturated heterocycles. The highest BCUT2D eigenvalue weighted by Crippen LogP contribution is 2.08. The van der Waals surface area contributed by atoms with Crippen LogP contribution < -0.4 is 0 Å². The van der Waals surface area contributed by atoms with Crippen LogP contribution in [0.2, 0.25) is 0 Å². The number of nitrogens with zero attached hydrogens (tertiary/aromatic N) is 2. The van der Waals surface area contributed by atoms with Crippen LogP contribution in [0, 0.1) is 5.92 Å². The van der Waals surface area contributed by atoms with E-state index < -0.39 is 0 Å². The van der Waals surface area contributed by atoms with Crippen LogP contribution >= 0.6 is 0 Å². The molecule has 2 nitrogen and oxygen atoms in total. The van der Waals surface area contributed by atoms with Crippen LogP contribution in [0.3, 0.4) is 0 Å². The van der Waals surface area contributed by atoms with Crippen LogP contribution in [-0.4, -0.2) is 16.8 Å². The monoisotopic (exact) mass is 180 g/mol. The molecule has 0 aliphatic carbocycles. The molecule has 0 aromatic carbocycles. The van der Waals surface area contributed by atoms with Gasteiger partial charge in [-0.25, -0.2) is 4.99 Å². The third kappa shape index (κ3) is 3.45. The molecule has 13 heavy (non-hydrogen) atoms. The van der Waals surface area contributed by atoms with Crippen molar-refractivity contribution in [1.29, 1.82) is 0 Å². The Balaban J connectivity index is 4.79. The first-order valence-electron chi connectivity index (χ1n) is 4.64. The van der Waals surface area contributed by atoms with E-state index in [1.165, 1.54) is 0 Å². The van der Waals surface area contributed by atoms with E-state index in [0.29, 0.717) is 12.0 Å². The van der Waals surface area contributed by atoms with Crippen LogP contribution in [0.15, 0.2) is 30.6 Å². The normalized spacial score (nSPS) is 12.0. The van der Waals surface area contributed by atoms with Crippen molar-refractivity contribution in [3.8, 4) is 0 Å². The minimum absolute atomic E-state index is 0.387. The molecule has 0 radical (unpaired) electrons. The van der Waals surface area contributed by atoms with Crippen LogP contribution in [0.25, 0.3) is 0 Å². The SMILES string of the molecule is C=CN=C(C(C)C)N(C=C)C(C)C. The molecule has 0 N–H and O–H groups in total. The summed E-state index contributed by atoms with van der Waals surface area (Å²) in [5.41, 5.74) is 0. The maximum absolute atomic E-state index is 4.25. The second kappa shape index (κ2) is 5.57. The van der Waals surface area contributed by atoms with Gasteiger partial charge >= 0.3 is 0 Å². The highest BCUT2D eigenvalue weighted by molar-refractivity contribution is 5.85. The number of hydrogen-bond donors (Lipinski definition) is 0. The molecule has 0 fully saturated rings. The van der Waals surface area contributed by atoms with Crippen molar-refractivity contribution < 1.29 is 0 Å². The Bertz CT molecular complexity index is 202. The van der Waals surface area contributed by atoms with Gasteiger partial charge in [0, 0.05) is 18.2 Å². The molecule has 0 saturated carbocycles. The average molecular weight is 180 g/mol. The van der Waals surface area contributed by atoms with Crippen molar-refractivity contribution in [2.45, 2.75) is 33.7 Å². The number of rotatable bonds is 4. The van der Waals surface area contributed by atoms with Crippen LogP contribution in [0.4, 0.5) is 0 Å². The predicted molar refractivity (Wildman–Crippen MR) is 59.6 cm³/mol. The topological polar surface area (TPSA) is 15.6 Å². The van der Waals surface area contributed by atoms with Gasteiger partial charge in [0.25, 0.3) is 0 Å². The van der Waals surface area contributed by atoms with Gasteiger partial charge in [-0.1, -0.05) is 27.0 Å². The summed E-state index contributed by atoms with van der Waals surface area (Å²) in [6.45, 7) is 15.8. The third-order valence-electron chi connectivity index (χ3n) is 1.76. The minimum Gasteiger partial charge on any atom is -0.334 e. The Morgan fingerprint density at radius 1 is 1.23 bits per heavy atom. The van der Waals surface area contributed by atoms with Crippen molar-refractivity contribution in [2.75, 3.05) is 0 Å². The summed E-state index contributed by atoms with van der Waals surface area (Å²) < 4.78 is 0. The van der Waals surface area contributed by atoms with Gasteiger partial charge in [-0.3, -0.25) is 0 Å². The highest BCUT2D eigenvalue weighted by atomic mass is 15.2. The molecule has 0 unspecified atom stereocenters. The van der Waals surface area contributed by atoms with Gasteiger partial charge in [-0.15, -0.1) is 0 Å². The van der Waals surface area contributed by atoms with Crippen molar-refractivity contribution in [1.82, 2.24) is 4.90 Å². The standard InChI is InChI=1S/C11H20N2/c1-7-12-11(9(3)4)13(8-2)10(5)6/h7-10H,1-2H2,3-6H3. The number of aliphatic imine (C=N–C) groups is 1. The summed E-state index contributed by atoms with van der Waals surface area (Å²) in [5.74, 6) is 1.40. The van der Waals surface area contributed by atoms with Crippen LogP contribution in [-0.2, 0) is 0 Å². The molecule has 0 amide bonds. The maximum Gasteiger partial charge on any atom is 0.111 e. The zero-order valence-corrected chi connectivity index (χ0v) is 9.12. The van der Waals surface area contributed by atoms with E-state index in [1.54, 1.807) is 6.20 Å². The van der Waals surface area contributed by atoms with Crippen LogP contribution in [0.1, 0.15) is 27.7 Å². The van der Waals surface area contributed by atoms with E-state index in [4.69, 9.17) is 0 Å². The second-order valence-corrected chi connectivity index (χ2v) is 3.51. The molecule has 2 heteroatoms. The molecule has 0 spiro atoms. The largest absolute Gasteiger partial charge is 0.334 e. The lowest BCUT2D eigenvalue weighted by Gasteiger charge is -2.28. The summed E-state index contributed by atoms with van der Waals surface area (Å²) >= 11 is 0. The molecule has 0 aromatic rings. The van der Waals surface area contributed by atoms with Crippen molar-refractivity contribution >= 4 is 5.84 Å². The minimum atomic E-state index is 0.387. The molecular formula is C11H20N2. The molecule has 0 aromatic heterocycles. The van der Waals surface area contributed by atoms with Crippen molar-refractivity contribution in [3.63, 3.8) is 0 Å². The third-order valence-corrected chi connectivity index (χ3v) is 1.76. The van der Waals surface area contributed by atoms with Gasteiger partial charge < -0.3 is 4.90 Å². The Kier molecular flexibility index (Phi) is 5.12.